The fraction of sp³-hybridized carbons (Fsp3) is 0. The summed E-state index contributed by atoms with van der Waals surface area (Å²) in [5, 5.41) is 1.66. The number of fused-ring (bicyclic) bond motifs is 1. The number of halogens is 1. The van der Waals surface area contributed by atoms with Crippen molar-refractivity contribution < 1.29 is 0 Å². The molecular formula is C31H18ClN. The zero-order valence-electron chi connectivity index (χ0n) is 17.7. The van der Waals surface area contributed by atoms with Gasteiger partial charge in [-0.3, -0.25) is 0 Å². The second kappa shape index (κ2) is 9.46. The Labute approximate surface area is 198 Å². The fourth-order valence-corrected chi connectivity index (χ4v) is 3.72. The first-order valence-corrected chi connectivity index (χ1v) is 11.0. The first kappa shape index (κ1) is 20.6. The summed E-state index contributed by atoms with van der Waals surface area (Å²) in [5.74, 6) is 13.4. The maximum absolute atomic E-state index is 6.15. The lowest BCUT2D eigenvalue weighted by Gasteiger charge is -2.11. The van der Waals surface area contributed by atoms with Gasteiger partial charge < -0.3 is 0 Å². The van der Waals surface area contributed by atoms with Crippen LogP contribution in [0.25, 0.3) is 22.2 Å². The van der Waals surface area contributed by atoms with Gasteiger partial charge in [-0.05, 0) is 42.5 Å². The monoisotopic (exact) mass is 439 g/mol. The third kappa shape index (κ3) is 4.65. The highest BCUT2D eigenvalue weighted by atomic mass is 35.5. The van der Waals surface area contributed by atoms with Crippen LogP contribution < -0.4 is 0 Å². The molecule has 0 radical (unpaired) electrons. The zero-order chi connectivity index (χ0) is 22.5. The molecule has 4 aromatic carbocycles. The third-order valence-electron chi connectivity index (χ3n) is 5.22. The molecule has 5 rings (SSSR count). The number of aromatic nitrogens is 1. The van der Waals surface area contributed by atoms with E-state index in [4.69, 9.17) is 16.6 Å². The molecule has 0 aliphatic carbocycles. The molecule has 0 aliphatic rings. The zero-order valence-corrected chi connectivity index (χ0v) is 18.5. The molecule has 0 aliphatic heterocycles. The van der Waals surface area contributed by atoms with Crippen molar-refractivity contribution in [1.82, 2.24) is 4.98 Å². The van der Waals surface area contributed by atoms with E-state index in [1.807, 2.05) is 103 Å². The van der Waals surface area contributed by atoms with Crippen LogP contribution in [-0.2, 0) is 0 Å². The van der Waals surface area contributed by atoms with Crippen molar-refractivity contribution in [3.8, 4) is 34.9 Å². The molecule has 1 heterocycles. The third-order valence-corrected chi connectivity index (χ3v) is 5.47. The Balaban J connectivity index is 1.81. The van der Waals surface area contributed by atoms with Gasteiger partial charge in [0.2, 0.25) is 0 Å². The molecule has 0 fully saturated rings. The molecule has 154 valence electrons. The Morgan fingerprint density at radius 3 is 1.70 bits per heavy atom. The number of para-hydroxylation sites is 1. The molecule has 1 aromatic heterocycles. The molecular weight excluding hydrogens is 422 g/mol. The molecule has 0 amide bonds. The number of pyridine rings is 1. The summed E-state index contributed by atoms with van der Waals surface area (Å²) in [6.45, 7) is 0. The number of hydrogen-bond acceptors (Lipinski definition) is 1. The van der Waals surface area contributed by atoms with Crippen molar-refractivity contribution in [1.29, 1.82) is 0 Å². The average Bonchev–Trinajstić information content (AvgIpc) is 2.87. The van der Waals surface area contributed by atoms with E-state index in [2.05, 4.69) is 29.7 Å². The van der Waals surface area contributed by atoms with Crippen molar-refractivity contribution in [2.45, 2.75) is 0 Å². The standard InChI is InChI=1S/C31H18ClN/c32-26-19-17-25(18-20-26)31-29(22-16-24-11-5-2-6-12-24)27(21-15-23-9-3-1-4-10-23)28-13-7-8-14-30(28)33-31/h1-14,17-20H. The lowest BCUT2D eigenvalue weighted by atomic mass is 9.96. The minimum atomic E-state index is 0.681. The summed E-state index contributed by atoms with van der Waals surface area (Å²) < 4.78 is 0. The topological polar surface area (TPSA) is 12.9 Å². The van der Waals surface area contributed by atoms with Gasteiger partial charge in [0.15, 0.2) is 0 Å². The van der Waals surface area contributed by atoms with Crippen LogP contribution in [-0.4, -0.2) is 4.98 Å². The average molecular weight is 440 g/mol. The van der Waals surface area contributed by atoms with Crippen LogP contribution in [0.5, 0.6) is 0 Å². The molecule has 0 saturated heterocycles. The van der Waals surface area contributed by atoms with Gasteiger partial charge in [0.05, 0.1) is 22.3 Å². The second-order valence-electron chi connectivity index (χ2n) is 7.47. The SMILES string of the molecule is Clc1ccc(-c2nc3ccccc3c(C#Cc3ccccc3)c2C#Cc2ccccc2)cc1. The van der Waals surface area contributed by atoms with Crippen LogP contribution in [0, 0.1) is 23.7 Å². The smallest absolute Gasteiger partial charge is 0.0878 e. The van der Waals surface area contributed by atoms with Crippen LogP contribution in [0.4, 0.5) is 0 Å². The van der Waals surface area contributed by atoms with Crippen molar-refractivity contribution in [2.24, 2.45) is 0 Å². The van der Waals surface area contributed by atoms with E-state index < -0.39 is 0 Å². The molecule has 0 N–H and O–H groups in total. The van der Waals surface area contributed by atoms with Gasteiger partial charge in [-0.1, -0.05) is 102 Å². The van der Waals surface area contributed by atoms with E-state index in [0.29, 0.717) is 5.02 Å². The first-order chi connectivity index (χ1) is 16.3. The van der Waals surface area contributed by atoms with E-state index in [9.17, 15) is 0 Å². The lowest BCUT2D eigenvalue weighted by molar-refractivity contribution is 1.37. The quantitative estimate of drug-likeness (QED) is 0.249. The van der Waals surface area contributed by atoms with Crippen LogP contribution in [0.3, 0.4) is 0 Å². The van der Waals surface area contributed by atoms with Crippen molar-refractivity contribution in [3.63, 3.8) is 0 Å². The summed E-state index contributed by atoms with van der Waals surface area (Å²) in [6, 6.07) is 35.7. The van der Waals surface area contributed by atoms with Crippen molar-refractivity contribution in [3.05, 3.63) is 136 Å². The van der Waals surface area contributed by atoms with Gasteiger partial charge in [0.1, 0.15) is 0 Å². The molecule has 0 atom stereocenters. The number of benzene rings is 4. The van der Waals surface area contributed by atoms with Gasteiger partial charge in [0, 0.05) is 27.1 Å². The van der Waals surface area contributed by atoms with E-state index in [-0.39, 0.29) is 0 Å². The largest absolute Gasteiger partial charge is 0.246 e. The Hall–Kier alpha value is -4.30. The minimum absolute atomic E-state index is 0.681. The number of hydrogen-bond donors (Lipinski definition) is 0. The Bertz CT molecular complexity index is 1550. The molecule has 5 aromatic rings. The Morgan fingerprint density at radius 2 is 1.06 bits per heavy atom. The number of nitrogens with zero attached hydrogens (tertiary/aromatic N) is 1. The summed E-state index contributed by atoms with van der Waals surface area (Å²) in [4.78, 5) is 4.99. The summed E-state index contributed by atoms with van der Waals surface area (Å²) >= 11 is 6.15. The summed E-state index contributed by atoms with van der Waals surface area (Å²) in [5.41, 5.74) is 6.20. The van der Waals surface area contributed by atoms with Crippen molar-refractivity contribution in [2.75, 3.05) is 0 Å². The Kier molecular flexibility index (Phi) is 5.90. The molecule has 0 bridgehead atoms. The van der Waals surface area contributed by atoms with Crippen LogP contribution in [0.15, 0.2) is 109 Å². The lowest BCUT2D eigenvalue weighted by Crippen LogP contribution is -1.97. The number of rotatable bonds is 1. The predicted octanol–water partition coefficient (Wildman–Crippen LogP) is 7.35. The van der Waals surface area contributed by atoms with E-state index >= 15 is 0 Å². The van der Waals surface area contributed by atoms with Gasteiger partial charge >= 0.3 is 0 Å². The van der Waals surface area contributed by atoms with Crippen LogP contribution >= 0.6 is 11.6 Å². The maximum atomic E-state index is 6.15. The molecule has 33 heavy (non-hydrogen) atoms. The highest BCUT2D eigenvalue weighted by molar-refractivity contribution is 6.30. The fourth-order valence-electron chi connectivity index (χ4n) is 3.59. The van der Waals surface area contributed by atoms with Crippen LogP contribution in [0.2, 0.25) is 5.02 Å². The second-order valence-corrected chi connectivity index (χ2v) is 7.90. The van der Waals surface area contributed by atoms with Crippen molar-refractivity contribution >= 4 is 22.5 Å². The van der Waals surface area contributed by atoms with Gasteiger partial charge in [-0.25, -0.2) is 4.98 Å². The highest BCUT2D eigenvalue weighted by Gasteiger charge is 2.14. The molecule has 1 nitrogen and oxygen atoms in total. The predicted molar refractivity (Wildman–Crippen MR) is 137 cm³/mol. The van der Waals surface area contributed by atoms with E-state index in [0.717, 1.165) is 44.4 Å². The van der Waals surface area contributed by atoms with E-state index in [1.165, 1.54) is 0 Å². The summed E-state index contributed by atoms with van der Waals surface area (Å²) in [7, 11) is 0. The van der Waals surface area contributed by atoms with Gasteiger partial charge in [-0.15, -0.1) is 0 Å². The molecule has 0 spiro atoms. The molecule has 0 saturated carbocycles. The summed E-state index contributed by atoms with van der Waals surface area (Å²) in [6.07, 6.45) is 0. The molecule has 0 unspecified atom stereocenters. The molecule has 2 heteroatoms. The minimum Gasteiger partial charge on any atom is -0.246 e. The normalized spacial score (nSPS) is 10.1. The van der Waals surface area contributed by atoms with Crippen LogP contribution in [0.1, 0.15) is 22.3 Å². The highest BCUT2D eigenvalue weighted by Crippen LogP contribution is 2.30. The van der Waals surface area contributed by atoms with Gasteiger partial charge in [-0.2, -0.15) is 0 Å². The first-order valence-electron chi connectivity index (χ1n) is 10.6. The maximum Gasteiger partial charge on any atom is 0.0878 e. The van der Waals surface area contributed by atoms with Gasteiger partial charge in [0.25, 0.3) is 0 Å². The Morgan fingerprint density at radius 1 is 0.515 bits per heavy atom. The van der Waals surface area contributed by atoms with E-state index in [1.54, 1.807) is 0 Å².